The highest BCUT2D eigenvalue weighted by molar-refractivity contribution is 6.10. The molecule has 0 saturated heterocycles. The van der Waals surface area contributed by atoms with E-state index in [1.165, 1.54) is 180 Å². The van der Waals surface area contributed by atoms with E-state index >= 15 is 0 Å². The van der Waals surface area contributed by atoms with Gasteiger partial charge in [0.05, 0.1) is 0 Å². The standard InChI is InChI=1S/2C19H24.2C17H18O.2C17H20.2C9H11F.2C8H9F/c1-13-7-9-17(11-15(13)3)19(5,6)18-10-8-14(2)16(4)12-18;1-13-10-11-17(12-15(13)3)19(5,6)18-9-7-8-14(2)16(18)4;1-11-5-7-15(9-13(11)3)17(18)16-8-6-12(2)14(4)10-16;1-11-8-9-15(10-13(11)3)17(18)16-7-5-6-12(2)14(16)4;1-12-5-7-16(9-14(12)3)11-17-8-6-13(2)15(4)10-17;1-12-8-9-16(10-14(12)3)11-17-7-5-6-13(2)15(17)4;2*1-7-3-4-9(6-10)5-8(7)2;1-6-3-4-8(9)5-7(6)2;1-6-4-3-5-8(9)7(6)2/h2*7-12H,1-6H3;2*5-10H,1-4H3;2*5-10H,11H2,1-4H3;2*3-5H,6H2,1-2H3;2*3-5H,1-2H3. The van der Waals surface area contributed by atoms with E-state index in [-0.39, 0.29) is 47.4 Å². The van der Waals surface area contributed by atoms with Gasteiger partial charge in [-0.2, -0.15) is 0 Å². The minimum Gasteiger partial charge on any atom is -0.289 e. The minimum absolute atomic E-state index is 0.0502. The van der Waals surface area contributed by atoms with E-state index in [0.29, 0.717) is 0 Å². The van der Waals surface area contributed by atoms with Gasteiger partial charge in [0.1, 0.15) is 25.0 Å². The molecular formula is C140H164F4O2. The molecule has 16 aromatic rings. The number of carbonyl (C=O) groups is 2. The van der Waals surface area contributed by atoms with E-state index < -0.39 is 0 Å². The predicted octanol–water partition coefficient (Wildman–Crippen LogP) is 38.2. The van der Waals surface area contributed by atoms with Crippen LogP contribution in [0.3, 0.4) is 0 Å². The molecule has 0 atom stereocenters. The van der Waals surface area contributed by atoms with Crippen LogP contribution in [0.4, 0.5) is 17.6 Å². The molecule has 146 heavy (non-hydrogen) atoms. The fourth-order valence-corrected chi connectivity index (χ4v) is 16.5. The lowest BCUT2D eigenvalue weighted by molar-refractivity contribution is 0.103. The number of hydrogen-bond donors (Lipinski definition) is 0. The Labute approximate surface area is 877 Å². The molecule has 0 aromatic heterocycles. The van der Waals surface area contributed by atoms with Gasteiger partial charge in [0, 0.05) is 33.1 Å². The summed E-state index contributed by atoms with van der Waals surface area (Å²) in [6.45, 7) is 75.4. The van der Waals surface area contributed by atoms with Crippen LogP contribution in [0.5, 0.6) is 0 Å². The lowest BCUT2D eigenvalue weighted by atomic mass is 9.75. The Kier molecular flexibility index (Phi) is 45.7. The highest BCUT2D eigenvalue weighted by Crippen LogP contribution is 2.37. The molecule has 16 aromatic carbocycles. The van der Waals surface area contributed by atoms with Crippen LogP contribution >= 0.6 is 0 Å². The molecule has 6 heteroatoms. The zero-order valence-electron chi connectivity index (χ0n) is 94.9. The molecule has 0 saturated carbocycles. The first-order valence-corrected chi connectivity index (χ1v) is 51.3. The molecule has 764 valence electrons. The molecular weight excluding hydrogens is 1790 g/mol. The summed E-state index contributed by atoms with van der Waals surface area (Å²) in [5.41, 5.74) is 56.0. The fraction of sp³-hybridized carbons (Fsp3) is 0.300. The molecule has 16 rings (SSSR count). The van der Waals surface area contributed by atoms with Gasteiger partial charge < -0.3 is 0 Å². The van der Waals surface area contributed by atoms with Gasteiger partial charge in [-0.25, -0.2) is 17.6 Å². The summed E-state index contributed by atoms with van der Waals surface area (Å²) in [4.78, 5) is 24.9. The zero-order valence-corrected chi connectivity index (χ0v) is 94.9. The number of halogens is 4. The van der Waals surface area contributed by atoms with Crippen LogP contribution in [0, 0.1) is 233 Å². The topological polar surface area (TPSA) is 34.1 Å². The van der Waals surface area contributed by atoms with Crippen LogP contribution in [-0.4, -0.2) is 11.6 Å². The van der Waals surface area contributed by atoms with E-state index in [4.69, 9.17) is 0 Å². The molecule has 0 heterocycles. The van der Waals surface area contributed by atoms with E-state index in [1.807, 2.05) is 198 Å². The Morgan fingerprint density at radius 1 is 0.205 bits per heavy atom. The molecule has 0 amide bonds. The van der Waals surface area contributed by atoms with E-state index in [0.717, 1.165) is 107 Å². The fourth-order valence-electron chi connectivity index (χ4n) is 16.5. The SMILES string of the molecule is Cc1ccc(C(=O)c2ccc(C)c(C)c2)cc1C.Cc1ccc(C(=O)c2cccc(C)c2C)cc1C.Cc1ccc(C(C)(C)c2ccc(C)c(C)c2)cc1C.Cc1ccc(C(C)(C)c2cccc(C)c2C)cc1C.Cc1ccc(CF)cc1C.Cc1ccc(CF)cc1C.Cc1ccc(Cc2ccc(C)c(C)c2)cc1C.Cc1ccc(Cc2cccc(C)c2C)cc1C.Cc1ccc(F)cc1C.Cc1cccc(F)c1C. The summed E-state index contributed by atoms with van der Waals surface area (Å²) < 4.78 is 49.0. The number of carbonyl (C=O) groups excluding carboxylic acids is 2. The molecule has 0 fully saturated rings. The lowest BCUT2D eigenvalue weighted by Crippen LogP contribution is -2.21. The third kappa shape index (κ3) is 34.9. The Balaban J connectivity index is 0.000000222. The van der Waals surface area contributed by atoms with Gasteiger partial charge in [-0.05, 0) is 504 Å². The number of hydrogen-bond acceptors (Lipinski definition) is 2. The van der Waals surface area contributed by atoms with Crippen molar-refractivity contribution in [2.45, 2.75) is 286 Å². The van der Waals surface area contributed by atoms with Crippen molar-refractivity contribution in [3.05, 3.63) is 559 Å². The lowest BCUT2D eigenvalue weighted by Gasteiger charge is -2.29. The van der Waals surface area contributed by atoms with Gasteiger partial charge in [-0.15, -0.1) is 0 Å². The number of aryl methyl sites for hydroxylation is 28. The van der Waals surface area contributed by atoms with Gasteiger partial charge in [-0.1, -0.05) is 282 Å². The van der Waals surface area contributed by atoms with Crippen LogP contribution in [-0.2, 0) is 37.0 Å². The molecule has 0 N–H and O–H groups in total. The summed E-state index contributed by atoms with van der Waals surface area (Å²) in [6.07, 6.45) is 2.07. The summed E-state index contributed by atoms with van der Waals surface area (Å²) in [6, 6.07) is 98.6. The number of alkyl halides is 2. The molecule has 0 aliphatic rings. The van der Waals surface area contributed by atoms with Crippen molar-refractivity contribution in [1.82, 2.24) is 0 Å². The van der Waals surface area contributed by atoms with Crippen LogP contribution in [0.2, 0.25) is 0 Å². The van der Waals surface area contributed by atoms with Gasteiger partial charge in [-0.3, -0.25) is 9.59 Å². The molecule has 0 unspecified atom stereocenters. The summed E-state index contributed by atoms with van der Waals surface area (Å²) >= 11 is 0. The smallest absolute Gasteiger partial charge is 0.193 e. The van der Waals surface area contributed by atoms with Crippen molar-refractivity contribution in [3.63, 3.8) is 0 Å². The maximum absolute atomic E-state index is 12.6. The Bertz CT molecular complexity index is 6910. The highest BCUT2D eigenvalue weighted by atomic mass is 19.1. The second-order valence-corrected chi connectivity index (χ2v) is 41.7. The zero-order chi connectivity index (χ0) is 109. The summed E-state index contributed by atoms with van der Waals surface area (Å²) in [5.74, 6) is -0.0615. The summed E-state index contributed by atoms with van der Waals surface area (Å²) in [7, 11) is 0. The molecule has 0 radical (unpaired) electrons. The Hall–Kier alpha value is -13.4. The first-order valence-electron chi connectivity index (χ1n) is 51.3. The molecule has 0 bridgehead atoms. The third-order valence-electron chi connectivity index (χ3n) is 29.8. The van der Waals surface area contributed by atoms with Crippen molar-refractivity contribution < 1.29 is 27.2 Å². The van der Waals surface area contributed by atoms with Crippen molar-refractivity contribution >= 4 is 11.6 Å². The average Bonchev–Trinajstić information content (AvgIpc) is 0.785. The second-order valence-electron chi connectivity index (χ2n) is 41.7. The van der Waals surface area contributed by atoms with Gasteiger partial charge in [0.25, 0.3) is 0 Å². The van der Waals surface area contributed by atoms with E-state index in [9.17, 15) is 27.2 Å². The monoisotopic (exact) mass is 1950 g/mol. The van der Waals surface area contributed by atoms with Crippen molar-refractivity contribution in [1.29, 1.82) is 0 Å². The van der Waals surface area contributed by atoms with Crippen LogP contribution in [0.25, 0.3) is 0 Å². The Morgan fingerprint density at radius 2 is 0.466 bits per heavy atom. The van der Waals surface area contributed by atoms with Crippen LogP contribution in [0.1, 0.15) is 293 Å². The summed E-state index contributed by atoms with van der Waals surface area (Å²) in [5, 5.41) is 0. The average molecular weight is 1950 g/mol. The van der Waals surface area contributed by atoms with E-state index in [2.05, 4.69) is 305 Å². The number of ketones is 2. The van der Waals surface area contributed by atoms with Crippen LogP contribution in [0.15, 0.2) is 291 Å². The highest BCUT2D eigenvalue weighted by Gasteiger charge is 2.27. The maximum atomic E-state index is 12.6. The number of benzene rings is 16. The normalized spacial score (nSPS) is 10.6. The largest absolute Gasteiger partial charge is 0.289 e. The quantitative estimate of drug-likeness (QED) is 0.0803. The van der Waals surface area contributed by atoms with Gasteiger partial charge in [0.2, 0.25) is 0 Å². The van der Waals surface area contributed by atoms with E-state index in [1.54, 1.807) is 19.1 Å². The first-order chi connectivity index (χ1) is 68.7. The van der Waals surface area contributed by atoms with Crippen molar-refractivity contribution in [3.8, 4) is 0 Å². The molecule has 0 spiro atoms. The molecule has 0 aliphatic carbocycles. The maximum Gasteiger partial charge on any atom is 0.193 e. The Morgan fingerprint density at radius 3 is 0.788 bits per heavy atom. The third-order valence-corrected chi connectivity index (χ3v) is 29.8. The van der Waals surface area contributed by atoms with Crippen molar-refractivity contribution in [2.24, 2.45) is 0 Å². The minimum atomic E-state index is -0.360. The van der Waals surface area contributed by atoms with Crippen LogP contribution < -0.4 is 0 Å². The predicted molar refractivity (Wildman–Crippen MR) is 621 cm³/mol. The van der Waals surface area contributed by atoms with Gasteiger partial charge in [0.15, 0.2) is 11.6 Å². The number of rotatable bonds is 14. The molecule has 2 nitrogen and oxygen atoms in total. The second kappa shape index (κ2) is 55.8. The van der Waals surface area contributed by atoms with Crippen molar-refractivity contribution in [2.75, 3.05) is 0 Å². The van der Waals surface area contributed by atoms with Gasteiger partial charge >= 0.3 is 0 Å². The first kappa shape index (κ1) is 120. The molecule has 0 aliphatic heterocycles.